The molecule has 0 atom stereocenters. The molecule has 22 heavy (non-hydrogen) atoms. The van der Waals surface area contributed by atoms with Gasteiger partial charge in [0, 0.05) is 18.6 Å². The lowest BCUT2D eigenvalue weighted by atomic mass is 10.2. The molecule has 0 bridgehead atoms. The lowest BCUT2D eigenvalue weighted by Gasteiger charge is -2.14. The first-order valence-corrected chi connectivity index (χ1v) is 7.07. The second-order valence-electron chi connectivity index (χ2n) is 4.59. The highest BCUT2D eigenvalue weighted by Gasteiger charge is 2.06. The normalized spacial score (nSPS) is 10.9. The molecule has 0 aliphatic carbocycles. The predicted molar refractivity (Wildman–Crippen MR) is 86.4 cm³/mol. The molecule has 10 heteroatoms. The summed E-state index contributed by atoms with van der Waals surface area (Å²) < 4.78 is 2.11. The third-order valence-electron chi connectivity index (χ3n) is 2.71. The van der Waals surface area contributed by atoms with Crippen molar-refractivity contribution in [3.8, 4) is 0 Å². The highest BCUT2D eigenvalue weighted by atomic mass is 79.9. The molecule has 0 fully saturated rings. The van der Waals surface area contributed by atoms with E-state index in [-0.39, 0.29) is 18.4 Å². The van der Waals surface area contributed by atoms with E-state index in [0.717, 1.165) is 15.7 Å². The summed E-state index contributed by atoms with van der Waals surface area (Å²) in [6.07, 6.45) is 1.55. The molecule has 0 aliphatic rings. The van der Waals surface area contributed by atoms with E-state index >= 15 is 0 Å². The lowest BCUT2D eigenvalue weighted by Crippen LogP contribution is -2.24. The molecule has 9 nitrogen and oxygen atoms in total. The van der Waals surface area contributed by atoms with Crippen LogP contribution in [0.4, 0.5) is 11.6 Å². The summed E-state index contributed by atoms with van der Waals surface area (Å²) in [6.45, 7) is -0.0978. The maximum absolute atomic E-state index is 11.7. The first kappa shape index (κ1) is 15.9. The zero-order valence-electron chi connectivity index (χ0n) is 12.1. The van der Waals surface area contributed by atoms with Crippen molar-refractivity contribution in [3.05, 3.63) is 28.2 Å². The number of tetrazole rings is 1. The SMILES string of the molecule is CN(C)c1ccc(/C=N\NC(=O)Cn2nnnc2N)cc1Br. The van der Waals surface area contributed by atoms with Gasteiger partial charge in [0.15, 0.2) is 0 Å². The molecule has 1 heterocycles. The number of hydrogen-bond donors (Lipinski definition) is 2. The van der Waals surface area contributed by atoms with Gasteiger partial charge >= 0.3 is 0 Å². The Morgan fingerprint density at radius 3 is 2.91 bits per heavy atom. The number of anilines is 2. The number of amides is 1. The van der Waals surface area contributed by atoms with Crippen LogP contribution >= 0.6 is 15.9 Å². The van der Waals surface area contributed by atoms with E-state index in [1.54, 1.807) is 6.21 Å². The molecule has 2 aromatic rings. The van der Waals surface area contributed by atoms with Gasteiger partial charge < -0.3 is 10.6 Å². The first-order valence-electron chi connectivity index (χ1n) is 6.28. The summed E-state index contributed by atoms with van der Waals surface area (Å²) in [4.78, 5) is 13.6. The average molecular weight is 367 g/mol. The number of hydrazone groups is 1. The number of halogens is 1. The number of nitrogen functional groups attached to an aromatic ring is 1. The Hall–Kier alpha value is -2.49. The minimum absolute atomic E-state index is 0.0716. The number of hydrogen-bond acceptors (Lipinski definition) is 7. The fraction of sp³-hybridized carbons (Fsp3) is 0.250. The maximum Gasteiger partial charge on any atom is 0.261 e. The number of carbonyl (C=O) groups is 1. The number of nitrogens with one attached hydrogen (secondary N) is 1. The molecule has 0 spiro atoms. The Balaban J connectivity index is 1.93. The number of nitrogens with zero attached hydrogens (tertiary/aromatic N) is 6. The van der Waals surface area contributed by atoms with Gasteiger partial charge in [0.1, 0.15) is 6.54 Å². The van der Waals surface area contributed by atoms with Crippen LogP contribution < -0.4 is 16.1 Å². The van der Waals surface area contributed by atoms with Gasteiger partial charge in [-0.1, -0.05) is 11.2 Å². The molecule has 2 rings (SSSR count). The van der Waals surface area contributed by atoms with E-state index in [1.165, 1.54) is 4.68 Å². The highest BCUT2D eigenvalue weighted by Crippen LogP contribution is 2.25. The molecule has 0 aliphatic heterocycles. The molecule has 0 unspecified atom stereocenters. The summed E-state index contributed by atoms with van der Waals surface area (Å²) in [5.41, 5.74) is 9.75. The van der Waals surface area contributed by atoms with E-state index in [0.29, 0.717) is 0 Å². The van der Waals surface area contributed by atoms with Crippen molar-refractivity contribution in [2.45, 2.75) is 6.54 Å². The summed E-state index contributed by atoms with van der Waals surface area (Å²) in [5.74, 6) is -0.304. The van der Waals surface area contributed by atoms with Crippen LogP contribution in [0.2, 0.25) is 0 Å². The quantitative estimate of drug-likeness (QED) is 0.578. The van der Waals surface area contributed by atoms with Gasteiger partial charge in [0.2, 0.25) is 5.95 Å². The number of nitrogens with two attached hydrogens (primary N) is 1. The van der Waals surface area contributed by atoms with Crippen molar-refractivity contribution >= 4 is 39.7 Å². The largest absolute Gasteiger partial charge is 0.377 e. The zero-order chi connectivity index (χ0) is 16.1. The van der Waals surface area contributed by atoms with Gasteiger partial charge in [0.25, 0.3) is 5.91 Å². The maximum atomic E-state index is 11.7. The third kappa shape index (κ3) is 4.01. The van der Waals surface area contributed by atoms with Crippen molar-refractivity contribution < 1.29 is 4.79 Å². The fourth-order valence-electron chi connectivity index (χ4n) is 1.64. The van der Waals surface area contributed by atoms with Gasteiger partial charge in [-0.3, -0.25) is 4.79 Å². The minimum atomic E-state index is -0.376. The van der Waals surface area contributed by atoms with Gasteiger partial charge in [-0.2, -0.15) is 5.10 Å². The van der Waals surface area contributed by atoms with Gasteiger partial charge in [-0.15, -0.1) is 0 Å². The molecular weight excluding hydrogens is 352 g/mol. The second-order valence-corrected chi connectivity index (χ2v) is 5.45. The number of rotatable bonds is 5. The lowest BCUT2D eigenvalue weighted by molar-refractivity contribution is -0.121. The molecule has 0 saturated carbocycles. The molecule has 0 radical (unpaired) electrons. The Morgan fingerprint density at radius 1 is 1.55 bits per heavy atom. The highest BCUT2D eigenvalue weighted by molar-refractivity contribution is 9.10. The van der Waals surface area contributed by atoms with Crippen molar-refractivity contribution in [1.82, 2.24) is 25.6 Å². The van der Waals surface area contributed by atoms with Crippen LogP contribution in [0.1, 0.15) is 5.56 Å². The van der Waals surface area contributed by atoms with E-state index < -0.39 is 0 Å². The predicted octanol–water partition coefficient (Wildman–Crippen LogP) is 0.234. The monoisotopic (exact) mass is 366 g/mol. The van der Waals surface area contributed by atoms with Crippen molar-refractivity contribution in [2.75, 3.05) is 24.7 Å². The second kappa shape index (κ2) is 6.98. The van der Waals surface area contributed by atoms with E-state index in [2.05, 4.69) is 42.0 Å². The topological polar surface area (TPSA) is 114 Å². The van der Waals surface area contributed by atoms with Crippen LogP contribution in [0.25, 0.3) is 0 Å². The third-order valence-corrected chi connectivity index (χ3v) is 3.34. The standard InChI is InChI=1S/C12H15BrN8O/c1-20(2)10-4-3-8(5-9(10)13)6-15-16-11(22)7-21-12(14)17-18-19-21/h3-6H,7H2,1-2H3,(H,16,22)(H2,14,17,19)/b15-6-. The van der Waals surface area contributed by atoms with Crippen molar-refractivity contribution in [1.29, 1.82) is 0 Å². The molecule has 3 N–H and O–H groups in total. The Morgan fingerprint density at radius 2 is 2.32 bits per heavy atom. The summed E-state index contributed by atoms with van der Waals surface area (Å²) in [7, 11) is 3.91. The average Bonchev–Trinajstić information content (AvgIpc) is 2.84. The van der Waals surface area contributed by atoms with Gasteiger partial charge in [-0.05, 0) is 44.1 Å². The summed E-state index contributed by atoms with van der Waals surface area (Å²) in [5, 5.41) is 14.3. The molecular formula is C12H15BrN8O. The van der Waals surface area contributed by atoms with Crippen LogP contribution in [0.5, 0.6) is 0 Å². The number of carbonyl (C=O) groups excluding carboxylic acids is 1. The molecule has 116 valence electrons. The van der Waals surface area contributed by atoms with Crippen LogP contribution in [0.3, 0.4) is 0 Å². The van der Waals surface area contributed by atoms with Crippen molar-refractivity contribution in [2.24, 2.45) is 5.10 Å². The number of aromatic nitrogens is 4. The molecule has 0 saturated heterocycles. The minimum Gasteiger partial charge on any atom is -0.377 e. The Labute approximate surface area is 135 Å². The van der Waals surface area contributed by atoms with E-state index in [1.807, 2.05) is 37.2 Å². The molecule has 1 aromatic carbocycles. The summed E-state index contributed by atoms with van der Waals surface area (Å²) in [6, 6.07) is 5.76. The summed E-state index contributed by atoms with van der Waals surface area (Å²) >= 11 is 3.49. The van der Waals surface area contributed by atoms with E-state index in [9.17, 15) is 4.79 Å². The van der Waals surface area contributed by atoms with Crippen molar-refractivity contribution in [3.63, 3.8) is 0 Å². The smallest absolute Gasteiger partial charge is 0.261 e. The first-order chi connectivity index (χ1) is 10.5. The van der Waals surface area contributed by atoms with Crippen LogP contribution in [-0.2, 0) is 11.3 Å². The van der Waals surface area contributed by atoms with Crippen LogP contribution in [-0.4, -0.2) is 46.4 Å². The fourth-order valence-corrected chi connectivity index (χ4v) is 2.39. The zero-order valence-corrected chi connectivity index (χ0v) is 13.6. The Kier molecular flexibility index (Phi) is 5.04. The van der Waals surface area contributed by atoms with Crippen LogP contribution in [0, 0.1) is 0 Å². The van der Waals surface area contributed by atoms with Gasteiger partial charge in [0.05, 0.1) is 11.9 Å². The van der Waals surface area contributed by atoms with Crippen LogP contribution in [0.15, 0.2) is 27.8 Å². The number of benzene rings is 1. The Bertz CT molecular complexity index is 696. The van der Waals surface area contributed by atoms with Gasteiger partial charge in [-0.25, -0.2) is 10.1 Å². The molecule has 1 amide bonds. The molecule has 1 aromatic heterocycles. The van der Waals surface area contributed by atoms with E-state index in [4.69, 9.17) is 5.73 Å².